The van der Waals surface area contributed by atoms with Gasteiger partial charge in [-0.2, -0.15) is 13.9 Å². The molecule has 7 heteroatoms. The monoisotopic (exact) mass is 387 g/mol. The molecule has 148 valence electrons. The highest BCUT2D eigenvalue weighted by Gasteiger charge is 2.15. The van der Waals surface area contributed by atoms with Crippen LogP contribution in [0.4, 0.5) is 8.78 Å². The SMILES string of the molecule is COc1ccc(-n2ncc(C(C)NCc3ccccc3OC(F)F)c2C)cc1. The number of alkyl halides is 2. The third-order valence-corrected chi connectivity index (χ3v) is 4.62. The molecule has 0 radical (unpaired) electrons. The Hall–Kier alpha value is -2.93. The Morgan fingerprint density at radius 1 is 1.11 bits per heavy atom. The Morgan fingerprint density at radius 2 is 1.82 bits per heavy atom. The number of nitrogens with one attached hydrogen (secondary N) is 1. The van der Waals surface area contributed by atoms with Crippen molar-refractivity contribution in [3.63, 3.8) is 0 Å². The van der Waals surface area contributed by atoms with Gasteiger partial charge in [0.1, 0.15) is 11.5 Å². The van der Waals surface area contributed by atoms with Gasteiger partial charge in [-0.15, -0.1) is 0 Å². The topological polar surface area (TPSA) is 48.3 Å². The molecule has 1 aromatic heterocycles. The zero-order valence-electron chi connectivity index (χ0n) is 16.0. The highest BCUT2D eigenvalue weighted by Crippen LogP contribution is 2.24. The maximum absolute atomic E-state index is 12.6. The Morgan fingerprint density at radius 3 is 2.50 bits per heavy atom. The second kappa shape index (κ2) is 8.84. The molecule has 0 spiro atoms. The number of aromatic nitrogens is 2. The number of halogens is 2. The van der Waals surface area contributed by atoms with Crippen LogP contribution in [0.5, 0.6) is 11.5 Å². The van der Waals surface area contributed by atoms with Crippen LogP contribution < -0.4 is 14.8 Å². The van der Waals surface area contributed by atoms with E-state index in [2.05, 4.69) is 15.2 Å². The maximum Gasteiger partial charge on any atom is 0.387 e. The van der Waals surface area contributed by atoms with E-state index in [1.807, 2.05) is 49.0 Å². The van der Waals surface area contributed by atoms with Gasteiger partial charge in [0, 0.05) is 29.4 Å². The summed E-state index contributed by atoms with van der Waals surface area (Å²) >= 11 is 0. The first kappa shape index (κ1) is 19.8. The van der Waals surface area contributed by atoms with Crippen LogP contribution in [-0.2, 0) is 6.54 Å². The predicted octanol–water partition coefficient (Wildman–Crippen LogP) is 4.64. The summed E-state index contributed by atoms with van der Waals surface area (Å²) in [6, 6.07) is 14.4. The summed E-state index contributed by atoms with van der Waals surface area (Å²) in [6.45, 7) is 1.57. The number of rotatable bonds is 8. The average Bonchev–Trinajstić information content (AvgIpc) is 3.08. The highest BCUT2D eigenvalue weighted by atomic mass is 19.3. The van der Waals surface area contributed by atoms with Crippen LogP contribution in [-0.4, -0.2) is 23.5 Å². The molecule has 5 nitrogen and oxygen atoms in total. The molecule has 3 aromatic rings. The Labute approximate surface area is 162 Å². The number of benzene rings is 2. The number of methoxy groups -OCH3 is 1. The quantitative estimate of drug-likeness (QED) is 0.612. The molecule has 0 bridgehead atoms. The maximum atomic E-state index is 12.6. The molecule has 28 heavy (non-hydrogen) atoms. The summed E-state index contributed by atoms with van der Waals surface area (Å²) < 4.78 is 36.8. The molecule has 2 aromatic carbocycles. The predicted molar refractivity (Wildman–Crippen MR) is 103 cm³/mol. The molecule has 1 N–H and O–H groups in total. The molecule has 0 saturated heterocycles. The zero-order chi connectivity index (χ0) is 20.1. The van der Waals surface area contributed by atoms with Gasteiger partial charge in [0.25, 0.3) is 0 Å². The van der Waals surface area contributed by atoms with Crippen LogP contribution in [0.2, 0.25) is 0 Å². The molecule has 1 unspecified atom stereocenters. The minimum Gasteiger partial charge on any atom is -0.497 e. The fraction of sp³-hybridized carbons (Fsp3) is 0.286. The number of nitrogens with zero attached hydrogens (tertiary/aromatic N) is 2. The Bertz CT molecular complexity index is 910. The number of para-hydroxylation sites is 1. The minimum absolute atomic E-state index is 0.0217. The second-order valence-electron chi connectivity index (χ2n) is 6.38. The summed E-state index contributed by atoms with van der Waals surface area (Å²) in [5.74, 6) is 0.969. The van der Waals surface area contributed by atoms with E-state index in [-0.39, 0.29) is 11.8 Å². The second-order valence-corrected chi connectivity index (χ2v) is 6.38. The van der Waals surface area contributed by atoms with Crippen molar-refractivity contribution in [1.29, 1.82) is 0 Å². The van der Waals surface area contributed by atoms with Crippen molar-refractivity contribution in [3.05, 3.63) is 71.5 Å². The summed E-state index contributed by atoms with van der Waals surface area (Å²) in [7, 11) is 1.63. The standard InChI is InChI=1S/C21H23F2N3O2/c1-14(24-12-16-6-4-5-7-20(16)28-21(22)23)19-13-25-26(15(19)2)17-8-10-18(27-3)11-9-17/h4-11,13-14,21,24H,12H2,1-3H3. The van der Waals surface area contributed by atoms with Gasteiger partial charge in [-0.3, -0.25) is 0 Å². The number of hydrogen-bond donors (Lipinski definition) is 1. The zero-order valence-corrected chi connectivity index (χ0v) is 16.0. The molecule has 0 fully saturated rings. The fourth-order valence-electron chi connectivity index (χ4n) is 3.06. The van der Waals surface area contributed by atoms with Gasteiger partial charge in [0.15, 0.2) is 0 Å². The summed E-state index contributed by atoms with van der Waals surface area (Å²) in [5, 5.41) is 7.84. The van der Waals surface area contributed by atoms with Gasteiger partial charge < -0.3 is 14.8 Å². The first-order valence-electron chi connectivity index (χ1n) is 8.94. The van der Waals surface area contributed by atoms with Crippen molar-refractivity contribution in [3.8, 4) is 17.2 Å². The lowest BCUT2D eigenvalue weighted by Crippen LogP contribution is -2.19. The average molecular weight is 387 g/mol. The van der Waals surface area contributed by atoms with E-state index in [1.165, 1.54) is 0 Å². The number of ether oxygens (including phenoxy) is 2. The van der Waals surface area contributed by atoms with E-state index < -0.39 is 6.61 Å². The van der Waals surface area contributed by atoms with E-state index in [9.17, 15) is 8.78 Å². The van der Waals surface area contributed by atoms with E-state index in [1.54, 1.807) is 31.4 Å². The Kier molecular flexibility index (Phi) is 6.26. The van der Waals surface area contributed by atoms with E-state index in [4.69, 9.17) is 4.74 Å². The summed E-state index contributed by atoms with van der Waals surface area (Å²) in [4.78, 5) is 0. The van der Waals surface area contributed by atoms with E-state index in [0.29, 0.717) is 12.1 Å². The highest BCUT2D eigenvalue weighted by molar-refractivity contribution is 5.39. The van der Waals surface area contributed by atoms with Crippen LogP contribution in [0, 0.1) is 6.92 Å². The van der Waals surface area contributed by atoms with Crippen LogP contribution in [0.3, 0.4) is 0 Å². The summed E-state index contributed by atoms with van der Waals surface area (Å²) in [5.41, 5.74) is 3.65. The minimum atomic E-state index is -2.84. The molecule has 0 amide bonds. The van der Waals surface area contributed by atoms with Gasteiger partial charge in [-0.1, -0.05) is 18.2 Å². The molecule has 1 atom stereocenters. The molecular formula is C21H23F2N3O2. The first-order valence-corrected chi connectivity index (χ1v) is 8.94. The van der Waals surface area contributed by atoms with Gasteiger partial charge >= 0.3 is 6.61 Å². The van der Waals surface area contributed by atoms with Crippen molar-refractivity contribution in [2.45, 2.75) is 33.0 Å². The lowest BCUT2D eigenvalue weighted by Gasteiger charge is -2.16. The third kappa shape index (κ3) is 4.48. The van der Waals surface area contributed by atoms with Crippen LogP contribution >= 0.6 is 0 Å². The van der Waals surface area contributed by atoms with Crippen LogP contribution in [0.25, 0.3) is 5.69 Å². The van der Waals surface area contributed by atoms with Gasteiger partial charge in [-0.05, 0) is 44.2 Å². The lowest BCUT2D eigenvalue weighted by atomic mass is 10.1. The van der Waals surface area contributed by atoms with Crippen molar-refractivity contribution < 1.29 is 18.3 Å². The first-order chi connectivity index (χ1) is 13.5. The number of hydrogen-bond acceptors (Lipinski definition) is 4. The molecular weight excluding hydrogens is 364 g/mol. The van der Waals surface area contributed by atoms with Gasteiger partial charge in [-0.25, -0.2) is 4.68 Å². The third-order valence-electron chi connectivity index (χ3n) is 4.62. The van der Waals surface area contributed by atoms with Crippen molar-refractivity contribution >= 4 is 0 Å². The van der Waals surface area contributed by atoms with Gasteiger partial charge in [0.2, 0.25) is 0 Å². The molecule has 0 aliphatic carbocycles. The smallest absolute Gasteiger partial charge is 0.387 e. The fourth-order valence-corrected chi connectivity index (χ4v) is 3.06. The molecule has 0 aliphatic rings. The van der Waals surface area contributed by atoms with E-state index in [0.717, 1.165) is 22.7 Å². The molecule has 0 aliphatic heterocycles. The normalized spacial score (nSPS) is 12.2. The molecule has 1 heterocycles. The Balaban J connectivity index is 1.72. The van der Waals surface area contributed by atoms with Crippen LogP contribution in [0.1, 0.15) is 29.8 Å². The molecule has 3 rings (SSSR count). The lowest BCUT2D eigenvalue weighted by molar-refractivity contribution is -0.0505. The van der Waals surface area contributed by atoms with Crippen molar-refractivity contribution in [2.24, 2.45) is 0 Å². The molecule has 0 saturated carbocycles. The van der Waals surface area contributed by atoms with Gasteiger partial charge in [0.05, 0.1) is 19.0 Å². The largest absolute Gasteiger partial charge is 0.497 e. The summed E-state index contributed by atoms with van der Waals surface area (Å²) in [6.07, 6.45) is 1.82. The van der Waals surface area contributed by atoms with Crippen molar-refractivity contribution in [2.75, 3.05) is 7.11 Å². The van der Waals surface area contributed by atoms with Crippen molar-refractivity contribution in [1.82, 2.24) is 15.1 Å². The van der Waals surface area contributed by atoms with E-state index >= 15 is 0 Å². The van der Waals surface area contributed by atoms with Crippen LogP contribution in [0.15, 0.2) is 54.7 Å².